The molecule has 2 heterocycles. The molecule has 7 heteroatoms. The number of carbonyl (C=O) groups excluding carboxylic acids is 1. The zero-order valence-corrected chi connectivity index (χ0v) is 10.3. The normalized spacial score (nSPS) is 20.3. The molecule has 1 unspecified atom stereocenters. The quantitative estimate of drug-likeness (QED) is 0.618. The SMILES string of the molecule is CNc1ncnc(Cl)c1N1CC(S)CC1=O. The van der Waals surface area contributed by atoms with E-state index in [-0.39, 0.29) is 16.3 Å². The highest BCUT2D eigenvalue weighted by atomic mass is 35.5. The van der Waals surface area contributed by atoms with Gasteiger partial charge in [0.15, 0.2) is 11.0 Å². The molecule has 2 rings (SSSR count). The molecule has 0 aromatic carbocycles. The predicted molar refractivity (Wildman–Crippen MR) is 66.3 cm³/mol. The van der Waals surface area contributed by atoms with Crippen LogP contribution in [0, 0.1) is 0 Å². The molecule has 1 aliphatic rings. The van der Waals surface area contributed by atoms with E-state index in [2.05, 4.69) is 27.9 Å². The average molecular weight is 259 g/mol. The summed E-state index contributed by atoms with van der Waals surface area (Å²) in [6.07, 6.45) is 1.77. The van der Waals surface area contributed by atoms with Crippen LogP contribution in [-0.2, 0) is 4.79 Å². The molecule has 1 aliphatic heterocycles. The third-order valence-corrected chi connectivity index (χ3v) is 3.01. The van der Waals surface area contributed by atoms with Gasteiger partial charge in [-0.05, 0) is 0 Å². The Bertz CT molecular complexity index is 428. The van der Waals surface area contributed by atoms with Crippen LogP contribution >= 0.6 is 24.2 Å². The van der Waals surface area contributed by atoms with Crippen LogP contribution in [-0.4, -0.2) is 34.7 Å². The molecule has 86 valence electrons. The van der Waals surface area contributed by atoms with Gasteiger partial charge in [0, 0.05) is 25.3 Å². The van der Waals surface area contributed by atoms with Crippen molar-refractivity contribution in [3.8, 4) is 0 Å². The van der Waals surface area contributed by atoms with E-state index < -0.39 is 0 Å². The van der Waals surface area contributed by atoms with Gasteiger partial charge in [0.05, 0.1) is 0 Å². The van der Waals surface area contributed by atoms with Gasteiger partial charge in [-0.25, -0.2) is 9.97 Å². The first kappa shape index (κ1) is 11.5. The molecule has 1 N–H and O–H groups in total. The van der Waals surface area contributed by atoms with Gasteiger partial charge in [-0.1, -0.05) is 11.6 Å². The summed E-state index contributed by atoms with van der Waals surface area (Å²) in [6.45, 7) is 0.531. The molecule has 1 aromatic rings. The highest BCUT2D eigenvalue weighted by molar-refractivity contribution is 7.81. The largest absolute Gasteiger partial charge is 0.371 e. The minimum absolute atomic E-state index is 0.00630. The van der Waals surface area contributed by atoms with Crippen molar-refractivity contribution in [2.45, 2.75) is 11.7 Å². The number of rotatable bonds is 2. The Morgan fingerprint density at radius 1 is 1.62 bits per heavy atom. The standard InChI is InChI=1S/C9H11ClN4OS/c1-11-9-7(8(10)12-4-13-9)14-3-5(16)2-6(14)15/h4-5,16H,2-3H2,1H3,(H,11,12,13). The first-order valence-corrected chi connectivity index (χ1v) is 5.69. The Morgan fingerprint density at radius 3 is 2.94 bits per heavy atom. The van der Waals surface area contributed by atoms with E-state index in [9.17, 15) is 4.79 Å². The molecule has 0 radical (unpaired) electrons. The van der Waals surface area contributed by atoms with E-state index in [4.69, 9.17) is 11.6 Å². The summed E-state index contributed by atoms with van der Waals surface area (Å²) in [5.74, 6) is 0.545. The summed E-state index contributed by atoms with van der Waals surface area (Å²) in [6, 6.07) is 0. The number of halogens is 1. The molecule has 0 saturated carbocycles. The van der Waals surface area contributed by atoms with Crippen molar-refractivity contribution in [2.24, 2.45) is 0 Å². The van der Waals surface area contributed by atoms with Crippen LogP contribution in [0.2, 0.25) is 5.15 Å². The van der Waals surface area contributed by atoms with Gasteiger partial charge in [0.1, 0.15) is 12.0 Å². The first-order valence-electron chi connectivity index (χ1n) is 4.80. The summed E-state index contributed by atoms with van der Waals surface area (Å²) >= 11 is 10.3. The predicted octanol–water partition coefficient (Wildman–Crippen LogP) is 1.21. The average Bonchev–Trinajstić information content (AvgIpc) is 2.57. The van der Waals surface area contributed by atoms with Crippen LogP contribution in [0.15, 0.2) is 6.33 Å². The number of aromatic nitrogens is 2. The number of hydrogen-bond donors (Lipinski definition) is 2. The number of hydrogen-bond acceptors (Lipinski definition) is 5. The molecule has 1 aromatic heterocycles. The van der Waals surface area contributed by atoms with Crippen LogP contribution < -0.4 is 10.2 Å². The maximum Gasteiger partial charge on any atom is 0.228 e. The second-order valence-electron chi connectivity index (χ2n) is 3.47. The van der Waals surface area contributed by atoms with Gasteiger partial charge in [-0.3, -0.25) is 4.79 Å². The van der Waals surface area contributed by atoms with E-state index in [1.54, 1.807) is 11.9 Å². The third kappa shape index (κ3) is 1.94. The van der Waals surface area contributed by atoms with Crippen molar-refractivity contribution >= 4 is 41.6 Å². The Kier molecular flexibility index (Phi) is 3.20. The first-order chi connectivity index (χ1) is 7.63. The fourth-order valence-corrected chi connectivity index (χ4v) is 2.24. The molecule has 1 atom stereocenters. The molecule has 0 bridgehead atoms. The molecular weight excluding hydrogens is 248 g/mol. The molecule has 5 nitrogen and oxygen atoms in total. The van der Waals surface area contributed by atoms with Crippen LogP contribution in [0.25, 0.3) is 0 Å². The van der Waals surface area contributed by atoms with Crippen LogP contribution in [0.1, 0.15) is 6.42 Å². The van der Waals surface area contributed by atoms with Gasteiger partial charge >= 0.3 is 0 Å². The number of carbonyl (C=O) groups is 1. The number of nitrogens with one attached hydrogen (secondary N) is 1. The molecule has 1 saturated heterocycles. The lowest BCUT2D eigenvalue weighted by atomic mass is 10.4. The van der Waals surface area contributed by atoms with E-state index in [1.807, 2.05) is 0 Å². The summed E-state index contributed by atoms with van der Waals surface area (Å²) in [5, 5.41) is 3.20. The molecule has 16 heavy (non-hydrogen) atoms. The zero-order chi connectivity index (χ0) is 11.7. The van der Waals surface area contributed by atoms with E-state index in [0.29, 0.717) is 24.5 Å². The number of anilines is 2. The topological polar surface area (TPSA) is 58.1 Å². The summed E-state index contributed by atoms with van der Waals surface area (Å²) in [5.41, 5.74) is 0.535. The van der Waals surface area contributed by atoms with Gasteiger partial charge in [-0.2, -0.15) is 12.6 Å². The number of thiol groups is 1. The highest BCUT2D eigenvalue weighted by Gasteiger charge is 2.31. The lowest BCUT2D eigenvalue weighted by molar-refractivity contribution is -0.117. The molecular formula is C9H11ClN4OS. The number of amides is 1. The Hall–Kier alpha value is -1.01. The minimum atomic E-state index is -0.00630. The third-order valence-electron chi connectivity index (χ3n) is 2.39. The Morgan fingerprint density at radius 2 is 2.38 bits per heavy atom. The van der Waals surface area contributed by atoms with Crippen LogP contribution in [0.3, 0.4) is 0 Å². The maximum atomic E-state index is 11.7. The van der Waals surface area contributed by atoms with Crippen LogP contribution in [0.4, 0.5) is 11.5 Å². The zero-order valence-electron chi connectivity index (χ0n) is 8.64. The van der Waals surface area contributed by atoms with Gasteiger partial charge in [0.25, 0.3) is 0 Å². The maximum absolute atomic E-state index is 11.7. The molecule has 0 aliphatic carbocycles. The molecule has 1 fully saturated rings. The summed E-state index contributed by atoms with van der Waals surface area (Å²) in [4.78, 5) is 21.2. The molecule has 0 spiro atoms. The van der Waals surface area contributed by atoms with E-state index in [0.717, 1.165) is 0 Å². The fraction of sp³-hybridized carbons (Fsp3) is 0.444. The van der Waals surface area contributed by atoms with Crippen molar-refractivity contribution in [3.63, 3.8) is 0 Å². The highest BCUT2D eigenvalue weighted by Crippen LogP contribution is 2.33. The summed E-state index contributed by atoms with van der Waals surface area (Å²) in [7, 11) is 1.72. The van der Waals surface area contributed by atoms with Crippen molar-refractivity contribution in [1.29, 1.82) is 0 Å². The second-order valence-corrected chi connectivity index (χ2v) is 4.56. The van der Waals surface area contributed by atoms with Gasteiger partial charge in [-0.15, -0.1) is 0 Å². The summed E-state index contributed by atoms with van der Waals surface area (Å²) < 4.78 is 0. The molecule has 1 amide bonds. The fourth-order valence-electron chi connectivity index (χ4n) is 1.68. The van der Waals surface area contributed by atoms with Crippen molar-refractivity contribution < 1.29 is 4.79 Å². The smallest absolute Gasteiger partial charge is 0.228 e. The van der Waals surface area contributed by atoms with Crippen LogP contribution in [0.5, 0.6) is 0 Å². The minimum Gasteiger partial charge on any atom is -0.371 e. The van der Waals surface area contributed by atoms with Crippen molar-refractivity contribution in [1.82, 2.24) is 9.97 Å². The Balaban J connectivity index is 2.43. The van der Waals surface area contributed by atoms with E-state index >= 15 is 0 Å². The lowest BCUT2D eigenvalue weighted by Crippen LogP contribution is -2.26. The Labute approximate surface area is 104 Å². The number of nitrogens with zero attached hydrogens (tertiary/aromatic N) is 3. The van der Waals surface area contributed by atoms with Crippen molar-refractivity contribution in [3.05, 3.63) is 11.5 Å². The second kappa shape index (κ2) is 4.47. The van der Waals surface area contributed by atoms with Crippen molar-refractivity contribution in [2.75, 3.05) is 23.8 Å². The monoisotopic (exact) mass is 258 g/mol. The van der Waals surface area contributed by atoms with Gasteiger partial charge < -0.3 is 10.2 Å². The van der Waals surface area contributed by atoms with Gasteiger partial charge in [0.2, 0.25) is 5.91 Å². The van der Waals surface area contributed by atoms with E-state index in [1.165, 1.54) is 6.33 Å². The lowest BCUT2D eigenvalue weighted by Gasteiger charge is -2.19.